The van der Waals surface area contributed by atoms with Crippen LogP contribution in [0.15, 0.2) is 66.9 Å². The molecule has 0 spiro atoms. The Morgan fingerprint density at radius 1 is 1.09 bits per heavy atom. The van der Waals surface area contributed by atoms with Crippen molar-refractivity contribution in [3.63, 3.8) is 0 Å². The number of amides is 3. The van der Waals surface area contributed by atoms with Gasteiger partial charge in [-0.15, -0.1) is 0 Å². The Labute approximate surface area is 199 Å². The monoisotopic (exact) mass is 475 g/mol. The molecule has 10 heteroatoms. The lowest BCUT2D eigenvalue weighted by atomic mass is 10.1. The first-order valence-corrected chi connectivity index (χ1v) is 10.8. The third-order valence-corrected chi connectivity index (χ3v) is 5.24. The van der Waals surface area contributed by atoms with Crippen LogP contribution < -0.4 is 10.6 Å². The van der Waals surface area contributed by atoms with E-state index in [2.05, 4.69) is 15.7 Å². The summed E-state index contributed by atoms with van der Waals surface area (Å²) in [6.07, 6.45) is 0.243. The Hall–Kier alpha value is -4.60. The van der Waals surface area contributed by atoms with Gasteiger partial charge >= 0.3 is 12.0 Å². The molecule has 2 aromatic carbocycles. The average Bonchev–Trinajstić information content (AvgIpc) is 3.26. The molecule has 9 nitrogen and oxygen atoms in total. The maximum Gasteiger partial charge on any atom is 0.339 e. The molecule has 0 aliphatic rings. The molecule has 0 saturated carbocycles. The van der Waals surface area contributed by atoms with E-state index >= 15 is 0 Å². The fourth-order valence-corrected chi connectivity index (χ4v) is 3.45. The number of fused-ring (bicyclic) bond motifs is 1. The number of aromatic nitrogens is 3. The highest BCUT2D eigenvalue weighted by Gasteiger charge is 2.24. The number of ether oxygens (including phenoxy) is 1. The summed E-state index contributed by atoms with van der Waals surface area (Å²) in [6, 6.07) is 16.2. The van der Waals surface area contributed by atoms with Crippen molar-refractivity contribution in [3.05, 3.63) is 83.8 Å². The van der Waals surface area contributed by atoms with Crippen LogP contribution in [0.25, 0.3) is 22.3 Å². The van der Waals surface area contributed by atoms with E-state index in [1.807, 2.05) is 30.3 Å². The quantitative estimate of drug-likeness (QED) is 0.414. The Morgan fingerprint density at radius 2 is 1.86 bits per heavy atom. The molecule has 0 unspecified atom stereocenters. The Balaban J connectivity index is 1.73. The van der Waals surface area contributed by atoms with E-state index in [-0.39, 0.29) is 17.9 Å². The van der Waals surface area contributed by atoms with Crippen molar-refractivity contribution in [2.45, 2.75) is 19.6 Å². The highest BCUT2D eigenvalue weighted by atomic mass is 19.1. The number of rotatable bonds is 6. The molecule has 3 amide bonds. The SMILES string of the molecule is CNC(=O)NC(=O)[C@H](C)OC(=O)c1cc(-c2ccccc2)nc2c1cnn2Cc1cccc(F)c1. The first-order valence-electron chi connectivity index (χ1n) is 10.8. The minimum Gasteiger partial charge on any atom is -0.449 e. The zero-order valence-corrected chi connectivity index (χ0v) is 19.0. The zero-order chi connectivity index (χ0) is 24.9. The molecule has 1 atom stereocenters. The van der Waals surface area contributed by atoms with E-state index in [4.69, 9.17) is 9.72 Å². The normalized spacial score (nSPS) is 11.6. The third kappa shape index (κ3) is 5.32. The molecule has 0 fully saturated rings. The summed E-state index contributed by atoms with van der Waals surface area (Å²) in [6.45, 7) is 1.59. The summed E-state index contributed by atoms with van der Waals surface area (Å²) in [7, 11) is 1.36. The molecule has 2 N–H and O–H groups in total. The minimum atomic E-state index is -1.23. The van der Waals surface area contributed by atoms with Gasteiger partial charge in [0.05, 0.1) is 29.4 Å². The van der Waals surface area contributed by atoms with E-state index in [1.54, 1.807) is 22.9 Å². The number of imide groups is 1. The molecule has 2 heterocycles. The molecular weight excluding hydrogens is 453 g/mol. The molecule has 0 aliphatic carbocycles. The highest BCUT2D eigenvalue weighted by molar-refractivity contribution is 6.05. The van der Waals surface area contributed by atoms with E-state index in [1.165, 1.54) is 32.3 Å². The Kier molecular flexibility index (Phi) is 6.81. The van der Waals surface area contributed by atoms with Crippen LogP contribution >= 0.6 is 0 Å². The maximum absolute atomic E-state index is 13.7. The van der Waals surface area contributed by atoms with Gasteiger partial charge in [-0.3, -0.25) is 10.1 Å². The topological polar surface area (TPSA) is 115 Å². The maximum atomic E-state index is 13.7. The van der Waals surface area contributed by atoms with Crippen molar-refractivity contribution in [2.75, 3.05) is 7.05 Å². The number of halogens is 1. The summed E-state index contributed by atoms with van der Waals surface area (Å²) >= 11 is 0. The number of benzene rings is 2. The number of carbonyl (C=O) groups excluding carboxylic acids is 3. The first-order chi connectivity index (χ1) is 16.9. The predicted octanol–water partition coefficient (Wildman–Crippen LogP) is 3.29. The second kappa shape index (κ2) is 10.1. The summed E-state index contributed by atoms with van der Waals surface area (Å²) in [5.74, 6) is -1.92. The van der Waals surface area contributed by atoms with Crippen molar-refractivity contribution < 1.29 is 23.5 Å². The van der Waals surface area contributed by atoms with Crippen molar-refractivity contribution in [3.8, 4) is 11.3 Å². The van der Waals surface area contributed by atoms with Crippen LogP contribution in [0.3, 0.4) is 0 Å². The number of nitrogens with one attached hydrogen (secondary N) is 2. The molecule has 178 valence electrons. The number of esters is 1. The van der Waals surface area contributed by atoms with E-state index < -0.39 is 24.0 Å². The van der Waals surface area contributed by atoms with Gasteiger partial charge in [0, 0.05) is 12.6 Å². The lowest BCUT2D eigenvalue weighted by Crippen LogP contribution is -2.43. The van der Waals surface area contributed by atoms with Crippen LogP contribution in [0.4, 0.5) is 9.18 Å². The van der Waals surface area contributed by atoms with Crippen molar-refractivity contribution in [1.82, 2.24) is 25.4 Å². The van der Waals surface area contributed by atoms with Crippen molar-refractivity contribution >= 4 is 28.9 Å². The van der Waals surface area contributed by atoms with Gasteiger partial charge in [-0.1, -0.05) is 42.5 Å². The number of urea groups is 1. The van der Waals surface area contributed by atoms with Gasteiger partial charge in [0.1, 0.15) is 5.82 Å². The smallest absolute Gasteiger partial charge is 0.339 e. The van der Waals surface area contributed by atoms with Crippen LogP contribution in [-0.4, -0.2) is 45.8 Å². The molecular formula is C25H22FN5O4. The molecule has 4 rings (SSSR count). The minimum absolute atomic E-state index is 0.152. The zero-order valence-electron chi connectivity index (χ0n) is 19.0. The third-order valence-electron chi connectivity index (χ3n) is 5.24. The van der Waals surface area contributed by atoms with E-state index in [0.29, 0.717) is 22.3 Å². The van der Waals surface area contributed by atoms with Gasteiger partial charge in [0.15, 0.2) is 11.8 Å². The van der Waals surface area contributed by atoms with Gasteiger partial charge in [0.25, 0.3) is 5.91 Å². The van der Waals surface area contributed by atoms with Crippen molar-refractivity contribution in [1.29, 1.82) is 0 Å². The standard InChI is InChI=1S/C25H22FN5O4/c1-15(23(32)30-25(34)27-2)35-24(33)19-12-21(17-8-4-3-5-9-17)29-22-20(19)13-28-31(22)14-16-7-6-10-18(26)11-16/h3-13,15H,14H2,1-2H3,(H2,27,30,32,34)/t15-/m0/s1. The lowest BCUT2D eigenvalue weighted by Gasteiger charge is -2.14. The van der Waals surface area contributed by atoms with E-state index in [9.17, 15) is 18.8 Å². The molecule has 4 aromatic rings. The average molecular weight is 475 g/mol. The van der Waals surface area contributed by atoms with Crippen LogP contribution in [0.5, 0.6) is 0 Å². The summed E-state index contributed by atoms with van der Waals surface area (Å²) < 4.78 is 20.6. The Bertz CT molecular complexity index is 1400. The molecule has 0 radical (unpaired) electrons. The van der Waals surface area contributed by atoms with Crippen LogP contribution in [0, 0.1) is 5.82 Å². The Morgan fingerprint density at radius 3 is 2.57 bits per heavy atom. The number of hydrogen-bond acceptors (Lipinski definition) is 6. The number of hydrogen-bond donors (Lipinski definition) is 2. The van der Waals surface area contributed by atoms with Gasteiger partial charge in [0.2, 0.25) is 0 Å². The fraction of sp³-hybridized carbons (Fsp3) is 0.160. The molecule has 2 aromatic heterocycles. The summed E-state index contributed by atoms with van der Waals surface area (Å²) in [4.78, 5) is 41.4. The van der Waals surface area contributed by atoms with Gasteiger partial charge in [-0.2, -0.15) is 5.10 Å². The van der Waals surface area contributed by atoms with Gasteiger partial charge in [-0.25, -0.2) is 23.6 Å². The van der Waals surface area contributed by atoms with Crippen LogP contribution in [-0.2, 0) is 16.1 Å². The van der Waals surface area contributed by atoms with E-state index in [0.717, 1.165) is 5.56 Å². The number of carbonyl (C=O) groups is 3. The first kappa shape index (κ1) is 23.6. The largest absolute Gasteiger partial charge is 0.449 e. The number of nitrogens with zero attached hydrogens (tertiary/aromatic N) is 3. The fourth-order valence-electron chi connectivity index (χ4n) is 3.45. The predicted molar refractivity (Wildman–Crippen MR) is 126 cm³/mol. The molecule has 0 bridgehead atoms. The van der Waals surface area contributed by atoms with Crippen molar-refractivity contribution in [2.24, 2.45) is 0 Å². The summed E-state index contributed by atoms with van der Waals surface area (Å²) in [5, 5.41) is 9.09. The highest BCUT2D eigenvalue weighted by Crippen LogP contribution is 2.26. The molecule has 35 heavy (non-hydrogen) atoms. The second-order valence-corrected chi connectivity index (χ2v) is 7.71. The van der Waals surface area contributed by atoms with Gasteiger partial charge < -0.3 is 10.1 Å². The molecule has 0 aliphatic heterocycles. The number of pyridine rings is 1. The molecule has 0 saturated heterocycles. The summed E-state index contributed by atoms with van der Waals surface area (Å²) in [5.41, 5.74) is 2.47. The van der Waals surface area contributed by atoms with Crippen LogP contribution in [0.1, 0.15) is 22.8 Å². The van der Waals surface area contributed by atoms with Gasteiger partial charge in [-0.05, 0) is 30.7 Å². The second-order valence-electron chi connectivity index (χ2n) is 7.71. The van der Waals surface area contributed by atoms with Crippen LogP contribution in [0.2, 0.25) is 0 Å². The lowest BCUT2D eigenvalue weighted by molar-refractivity contribution is -0.127.